The fraction of sp³-hybridized carbons (Fsp3) is 0.455. The third-order valence-corrected chi connectivity index (χ3v) is 5.98. The lowest BCUT2D eigenvalue weighted by atomic mass is 10.1. The number of fused-ring (bicyclic) bond motifs is 1. The number of morpholine rings is 1. The lowest BCUT2D eigenvalue weighted by Gasteiger charge is -2.31. The van der Waals surface area contributed by atoms with Crippen molar-refractivity contribution < 1.29 is 9.53 Å². The van der Waals surface area contributed by atoms with Crippen molar-refractivity contribution in [1.29, 1.82) is 0 Å². The van der Waals surface area contributed by atoms with Crippen LogP contribution in [0.5, 0.6) is 0 Å². The number of hydrogen-bond acceptors (Lipinski definition) is 6. The molecular weight excluding hydrogens is 380 g/mol. The van der Waals surface area contributed by atoms with E-state index < -0.39 is 0 Å². The van der Waals surface area contributed by atoms with Crippen molar-refractivity contribution in [2.45, 2.75) is 25.8 Å². The summed E-state index contributed by atoms with van der Waals surface area (Å²) in [7, 11) is 0. The number of carbonyl (C=O) groups is 1. The second-order valence-electron chi connectivity index (χ2n) is 7.82. The van der Waals surface area contributed by atoms with Gasteiger partial charge in [0.15, 0.2) is 11.5 Å². The van der Waals surface area contributed by atoms with Crippen LogP contribution in [0.3, 0.4) is 0 Å². The topological polar surface area (TPSA) is 76.4 Å². The molecule has 2 saturated heterocycles. The molecule has 8 heteroatoms. The van der Waals surface area contributed by atoms with Crippen molar-refractivity contribution in [3.05, 3.63) is 36.5 Å². The summed E-state index contributed by atoms with van der Waals surface area (Å²) >= 11 is 0. The molecule has 8 nitrogen and oxygen atoms in total. The van der Waals surface area contributed by atoms with Gasteiger partial charge in [0.25, 0.3) is 0 Å². The van der Waals surface area contributed by atoms with E-state index in [2.05, 4.69) is 11.0 Å². The lowest BCUT2D eigenvalue weighted by Crippen LogP contribution is -2.38. The number of aromatic nitrogens is 4. The fourth-order valence-corrected chi connectivity index (χ4v) is 4.28. The van der Waals surface area contributed by atoms with Gasteiger partial charge in [-0.1, -0.05) is 24.3 Å². The van der Waals surface area contributed by atoms with Crippen LogP contribution in [-0.4, -0.2) is 69.9 Å². The molecule has 2 aliphatic rings. The molecule has 155 valence electrons. The van der Waals surface area contributed by atoms with E-state index in [-0.39, 0.29) is 11.9 Å². The number of benzene rings is 1. The molecule has 30 heavy (non-hydrogen) atoms. The molecule has 2 aromatic heterocycles. The van der Waals surface area contributed by atoms with Crippen LogP contribution in [0.25, 0.3) is 22.4 Å². The van der Waals surface area contributed by atoms with Gasteiger partial charge in [-0.25, -0.2) is 14.6 Å². The highest BCUT2D eigenvalue weighted by Crippen LogP contribution is 2.32. The number of piperidine rings is 1. The number of nitrogens with zero attached hydrogens (tertiary/aromatic N) is 6. The SMILES string of the molecule is CC(=O)N1CCC(n2ncc3c(N4CCOCC4)nc(-c4cc[c]cc4)nc32)CC1. The summed E-state index contributed by atoms with van der Waals surface area (Å²) in [6, 6.07) is 11.0. The van der Waals surface area contributed by atoms with E-state index in [9.17, 15) is 4.79 Å². The summed E-state index contributed by atoms with van der Waals surface area (Å²) in [5.41, 5.74) is 1.82. The van der Waals surface area contributed by atoms with Gasteiger partial charge in [-0.2, -0.15) is 5.10 Å². The van der Waals surface area contributed by atoms with E-state index in [1.165, 1.54) is 0 Å². The van der Waals surface area contributed by atoms with Crippen LogP contribution in [0.2, 0.25) is 0 Å². The molecule has 1 aromatic carbocycles. The molecule has 1 amide bonds. The quantitative estimate of drug-likeness (QED) is 0.666. The summed E-state index contributed by atoms with van der Waals surface area (Å²) < 4.78 is 7.57. The first kappa shape index (κ1) is 19.0. The number of anilines is 1. The summed E-state index contributed by atoms with van der Waals surface area (Å²) in [6.45, 7) is 6.13. The standard InChI is InChI=1S/C22H25N6O2/c1-16(29)26-9-7-18(8-10-26)28-22-19(15-23-28)21(27-11-13-30-14-12-27)24-20(25-22)17-5-3-2-4-6-17/h3-6,15,18H,7-14H2,1H3. The summed E-state index contributed by atoms with van der Waals surface area (Å²) in [5, 5.41) is 5.70. The van der Waals surface area contributed by atoms with Crippen molar-refractivity contribution >= 4 is 22.8 Å². The molecule has 3 aromatic rings. The van der Waals surface area contributed by atoms with Crippen molar-refractivity contribution in [1.82, 2.24) is 24.6 Å². The van der Waals surface area contributed by atoms with Crippen molar-refractivity contribution in [2.75, 3.05) is 44.3 Å². The number of likely N-dealkylation sites (tertiary alicyclic amines) is 1. The van der Waals surface area contributed by atoms with Crippen molar-refractivity contribution in [3.63, 3.8) is 0 Å². The molecule has 4 heterocycles. The number of ether oxygens (including phenoxy) is 1. The Bertz CT molecular complexity index is 1040. The second-order valence-corrected chi connectivity index (χ2v) is 7.82. The average Bonchev–Trinajstić information content (AvgIpc) is 3.24. The summed E-state index contributed by atoms with van der Waals surface area (Å²) in [6.07, 6.45) is 3.64. The molecule has 5 rings (SSSR count). The molecule has 2 fully saturated rings. The normalized spacial score (nSPS) is 18.2. The van der Waals surface area contributed by atoms with E-state index in [4.69, 9.17) is 19.8 Å². The molecule has 1 radical (unpaired) electrons. The number of hydrogen-bond donors (Lipinski definition) is 0. The van der Waals surface area contributed by atoms with Gasteiger partial charge >= 0.3 is 0 Å². The minimum absolute atomic E-state index is 0.138. The molecule has 0 atom stereocenters. The molecule has 0 N–H and O–H groups in total. The minimum atomic E-state index is 0.138. The predicted molar refractivity (Wildman–Crippen MR) is 113 cm³/mol. The fourth-order valence-electron chi connectivity index (χ4n) is 4.28. The Labute approximate surface area is 175 Å². The highest BCUT2D eigenvalue weighted by molar-refractivity contribution is 5.89. The van der Waals surface area contributed by atoms with E-state index in [0.717, 1.165) is 61.4 Å². The zero-order chi connectivity index (χ0) is 20.5. The zero-order valence-corrected chi connectivity index (χ0v) is 17.1. The number of carbonyl (C=O) groups excluding carboxylic acids is 1. The number of amides is 1. The summed E-state index contributed by atoms with van der Waals surface area (Å²) in [5.74, 6) is 1.75. The van der Waals surface area contributed by atoms with Crippen LogP contribution >= 0.6 is 0 Å². The van der Waals surface area contributed by atoms with Gasteiger partial charge in [-0.05, 0) is 18.9 Å². The molecule has 0 bridgehead atoms. The third-order valence-electron chi connectivity index (χ3n) is 5.98. The Morgan fingerprint density at radius 2 is 1.83 bits per heavy atom. The Morgan fingerprint density at radius 3 is 2.53 bits per heavy atom. The van der Waals surface area contributed by atoms with Crippen molar-refractivity contribution in [3.8, 4) is 11.4 Å². The highest BCUT2D eigenvalue weighted by Gasteiger charge is 2.26. The van der Waals surface area contributed by atoms with E-state index >= 15 is 0 Å². The van der Waals surface area contributed by atoms with Crippen LogP contribution in [0.1, 0.15) is 25.8 Å². The average molecular weight is 405 g/mol. The minimum Gasteiger partial charge on any atom is -0.378 e. The van der Waals surface area contributed by atoms with Gasteiger partial charge in [0.2, 0.25) is 5.91 Å². The predicted octanol–water partition coefficient (Wildman–Crippen LogP) is 2.31. The van der Waals surface area contributed by atoms with Crippen LogP contribution in [0, 0.1) is 6.07 Å². The monoisotopic (exact) mass is 405 g/mol. The van der Waals surface area contributed by atoms with Gasteiger partial charge in [-0.3, -0.25) is 4.79 Å². The first-order valence-electron chi connectivity index (χ1n) is 10.5. The largest absolute Gasteiger partial charge is 0.378 e. The van der Waals surface area contributed by atoms with E-state index in [1.54, 1.807) is 6.92 Å². The van der Waals surface area contributed by atoms with Crippen molar-refractivity contribution in [2.24, 2.45) is 0 Å². The van der Waals surface area contributed by atoms with Crippen LogP contribution in [-0.2, 0) is 9.53 Å². The smallest absolute Gasteiger partial charge is 0.219 e. The second kappa shape index (κ2) is 8.02. The molecule has 2 aliphatic heterocycles. The van der Waals surface area contributed by atoms with Crippen LogP contribution < -0.4 is 4.90 Å². The highest BCUT2D eigenvalue weighted by atomic mass is 16.5. The van der Waals surface area contributed by atoms with Gasteiger partial charge in [0.05, 0.1) is 30.8 Å². The molecule has 0 spiro atoms. The van der Waals surface area contributed by atoms with E-state index in [0.29, 0.717) is 19.0 Å². The maximum absolute atomic E-state index is 11.7. The Morgan fingerprint density at radius 1 is 1.10 bits per heavy atom. The molecule has 0 unspecified atom stereocenters. The Kier molecular flexibility index (Phi) is 5.08. The summed E-state index contributed by atoms with van der Waals surface area (Å²) in [4.78, 5) is 25.7. The third kappa shape index (κ3) is 3.52. The lowest BCUT2D eigenvalue weighted by molar-refractivity contribution is -0.130. The maximum Gasteiger partial charge on any atom is 0.219 e. The van der Waals surface area contributed by atoms with Crippen LogP contribution in [0.15, 0.2) is 30.5 Å². The maximum atomic E-state index is 11.7. The first-order chi connectivity index (χ1) is 14.7. The molecule has 0 saturated carbocycles. The molecular formula is C22H25N6O2. The Hall–Kier alpha value is -3.00. The molecule has 0 aliphatic carbocycles. The number of rotatable bonds is 3. The Balaban J connectivity index is 1.57. The zero-order valence-electron chi connectivity index (χ0n) is 17.1. The van der Waals surface area contributed by atoms with Gasteiger partial charge in [-0.15, -0.1) is 0 Å². The first-order valence-corrected chi connectivity index (χ1v) is 10.5. The van der Waals surface area contributed by atoms with Gasteiger partial charge in [0, 0.05) is 38.7 Å². The van der Waals surface area contributed by atoms with Gasteiger partial charge in [0.1, 0.15) is 5.82 Å². The van der Waals surface area contributed by atoms with Crippen LogP contribution in [0.4, 0.5) is 5.82 Å². The van der Waals surface area contributed by atoms with E-state index in [1.807, 2.05) is 40.0 Å². The van der Waals surface area contributed by atoms with Gasteiger partial charge < -0.3 is 14.5 Å².